The molecule has 8 rings (SSSR count). The van der Waals surface area contributed by atoms with E-state index in [4.69, 9.17) is 4.98 Å². The summed E-state index contributed by atoms with van der Waals surface area (Å²) in [7, 11) is 0. The van der Waals surface area contributed by atoms with Gasteiger partial charge in [0.2, 0.25) is 5.91 Å². The van der Waals surface area contributed by atoms with Crippen molar-refractivity contribution >= 4 is 16.8 Å². The molecule has 0 radical (unpaired) electrons. The van der Waals surface area contributed by atoms with E-state index < -0.39 is 0 Å². The topological polar surface area (TPSA) is 74.8 Å². The van der Waals surface area contributed by atoms with Gasteiger partial charge in [-0.1, -0.05) is 24.3 Å². The van der Waals surface area contributed by atoms with Crippen LogP contribution in [0.1, 0.15) is 56.7 Å². The van der Waals surface area contributed by atoms with Crippen molar-refractivity contribution in [1.82, 2.24) is 15.3 Å². The van der Waals surface area contributed by atoms with E-state index in [1.165, 1.54) is 19.3 Å². The maximum Gasteiger partial charge on any atom is 0.258 e. The number of nitrogens with one attached hydrogen (secondary N) is 2. The Balaban J connectivity index is 1.22. The van der Waals surface area contributed by atoms with E-state index in [1.807, 2.05) is 24.3 Å². The average molecular weight is 416 g/mol. The van der Waals surface area contributed by atoms with Crippen LogP contribution < -0.4 is 10.9 Å². The van der Waals surface area contributed by atoms with Crippen LogP contribution in [0, 0.1) is 35.5 Å². The molecule has 1 aromatic carbocycles. The van der Waals surface area contributed by atoms with E-state index in [-0.39, 0.29) is 40.7 Å². The minimum Gasteiger partial charge on any atom is -0.350 e. The normalized spacial score (nSPS) is 41.9. The van der Waals surface area contributed by atoms with Gasteiger partial charge in [-0.3, -0.25) is 9.59 Å². The van der Waals surface area contributed by atoms with Gasteiger partial charge in [-0.2, -0.15) is 0 Å². The van der Waals surface area contributed by atoms with Crippen LogP contribution >= 0.6 is 0 Å². The number of allylic oxidation sites excluding steroid dienone is 2. The molecule has 0 saturated heterocycles. The molecule has 0 spiro atoms. The van der Waals surface area contributed by atoms with E-state index in [9.17, 15) is 9.59 Å². The second-order valence-corrected chi connectivity index (χ2v) is 11.2. The number of aromatic nitrogens is 2. The van der Waals surface area contributed by atoms with Crippen molar-refractivity contribution in [1.29, 1.82) is 0 Å². The Labute approximate surface area is 181 Å². The van der Waals surface area contributed by atoms with Crippen LogP contribution in [0.3, 0.4) is 0 Å². The summed E-state index contributed by atoms with van der Waals surface area (Å²) in [5, 5.41) is 4.22. The third kappa shape index (κ3) is 2.71. The number of benzene rings is 1. The predicted octanol–water partition coefficient (Wildman–Crippen LogP) is 3.91. The van der Waals surface area contributed by atoms with Gasteiger partial charge in [0.1, 0.15) is 5.82 Å². The number of rotatable bonds is 3. The zero-order valence-electron chi connectivity index (χ0n) is 17.7. The molecule has 1 heterocycles. The highest BCUT2D eigenvalue weighted by atomic mass is 16.2. The van der Waals surface area contributed by atoms with Gasteiger partial charge in [-0.15, -0.1) is 0 Å². The molecule has 2 N–H and O–H groups in total. The molecule has 6 aliphatic carbocycles. The summed E-state index contributed by atoms with van der Waals surface area (Å²) >= 11 is 0. The molecule has 5 fully saturated rings. The first-order valence-corrected chi connectivity index (χ1v) is 12.1. The molecular formula is C26H29N3O2. The summed E-state index contributed by atoms with van der Waals surface area (Å²) in [6.45, 7) is 0. The van der Waals surface area contributed by atoms with Gasteiger partial charge in [-0.05, 0) is 86.7 Å². The fourth-order valence-corrected chi connectivity index (χ4v) is 8.42. The third-order valence-electron chi connectivity index (χ3n) is 9.14. The fourth-order valence-electron chi connectivity index (χ4n) is 8.42. The summed E-state index contributed by atoms with van der Waals surface area (Å²) in [4.78, 5) is 34.4. The standard InChI is InChI=1S/C26H29N3O2/c30-24-19-3-1-2-4-20(19)27-23(28-24)21-17-5-6-18(10-17)22(21)25(31)29-26-11-14-7-15(12-26)9-16(8-14)13-26/h1-6,14-18,21-22H,7-13H2,(H,29,31)(H,27,28,30)/t14?,15?,16?,17-,18+,21+,22+,26?/m1/s1. The lowest BCUT2D eigenvalue weighted by Gasteiger charge is -2.57. The van der Waals surface area contributed by atoms with Gasteiger partial charge in [0.25, 0.3) is 5.56 Å². The molecule has 6 aliphatic rings. The van der Waals surface area contributed by atoms with Crippen molar-refractivity contribution in [3.8, 4) is 0 Å². The number of nitrogens with zero attached hydrogens (tertiary/aromatic N) is 1. The molecule has 5 nitrogen and oxygen atoms in total. The molecule has 31 heavy (non-hydrogen) atoms. The molecule has 0 unspecified atom stereocenters. The zero-order chi connectivity index (χ0) is 20.7. The van der Waals surface area contributed by atoms with Crippen molar-refractivity contribution in [2.45, 2.75) is 56.4 Å². The quantitative estimate of drug-likeness (QED) is 0.747. The summed E-state index contributed by atoms with van der Waals surface area (Å²) in [6.07, 6.45) is 13.1. The van der Waals surface area contributed by atoms with E-state index in [0.717, 1.165) is 43.4 Å². The van der Waals surface area contributed by atoms with Crippen LogP contribution in [0.4, 0.5) is 0 Å². The highest BCUT2D eigenvalue weighted by Crippen LogP contribution is 2.57. The molecule has 5 saturated carbocycles. The molecule has 0 aliphatic heterocycles. The Kier molecular flexibility index (Phi) is 3.69. The van der Waals surface area contributed by atoms with Crippen molar-refractivity contribution < 1.29 is 4.79 Å². The first-order chi connectivity index (χ1) is 15.1. The number of para-hydroxylation sites is 1. The Hall–Kier alpha value is -2.43. The summed E-state index contributed by atoms with van der Waals surface area (Å²) < 4.78 is 0. The van der Waals surface area contributed by atoms with Crippen LogP contribution in [-0.4, -0.2) is 21.4 Å². The van der Waals surface area contributed by atoms with E-state index in [1.54, 1.807) is 0 Å². The average Bonchev–Trinajstić information content (AvgIpc) is 3.34. The number of amides is 1. The maximum absolute atomic E-state index is 13.8. The molecule has 1 amide bonds. The van der Waals surface area contributed by atoms with E-state index >= 15 is 0 Å². The predicted molar refractivity (Wildman–Crippen MR) is 118 cm³/mol. The fraction of sp³-hybridized carbons (Fsp3) is 0.577. The van der Waals surface area contributed by atoms with Gasteiger partial charge in [0.05, 0.1) is 16.8 Å². The second-order valence-electron chi connectivity index (χ2n) is 11.2. The highest BCUT2D eigenvalue weighted by molar-refractivity contribution is 5.82. The maximum atomic E-state index is 13.8. The van der Waals surface area contributed by atoms with Crippen molar-refractivity contribution in [2.75, 3.05) is 0 Å². The van der Waals surface area contributed by atoms with Gasteiger partial charge in [0, 0.05) is 11.5 Å². The Morgan fingerprint density at radius 2 is 1.65 bits per heavy atom. The summed E-state index contributed by atoms with van der Waals surface area (Å²) in [6, 6.07) is 7.47. The Morgan fingerprint density at radius 3 is 2.39 bits per heavy atom. The molecule has 5 heteroatoms. The van der Waals surface area contributed by atoms with Crippen LogP contribution in [0.5, 0.6) is 0 Å². The smallest absolute Gasteiger partial charge is 0.258 e. The van der Waals surface area contributed by atoms with E-state index in [0.29, 0.717) is 16.7 Å². The number of hydrogen-bond donors (Lipinski definition) is 2. The minimum atomic E-state index is -0.132. The first-order valence-electron chi connectivity index (χ1n) is 12.1. The third-order valence-corrected chi connectivity index (χ3v) is 9.14. The molecule has 6 bridgehead atoms. The second kappa shape index (κ2) is 6.30. The lowest BCUT2D eigenvalue weighted by Crippen LogP contribution is -2.61. The van der Waals surface area contributed by atoms with Gasteiger partial charge < -0.3 is 10.3 Å². The van der Waals surface area contributed by atoms with Crippen LogP contribution in [0.15, 0.2) is 41.2 Å². The van der Waals surface area contributed by atoms with Crippen LogP contribution in [0.2, 0.25) is 0 Å². The summed E-state index contributed by atoms with van der Waals surface area (Å²) in [5.41, 5.74) is 0.632. The number of carbonyl (C=O) groups excluding carboxylic acids is 1. The number of fused-ring (bicyclic) bond motifs is 3. The SMILES string of the molecule is O=C(NC12CC3CC(CC(C3)C1)C2)[C@@H]1[C@@H](c2nc3ccccc3c(=O)[nH]2)[C@@H]2C=C[C@H]1C2. The summed E-state index contributed by atoms with van der Waals surface area (Å²) in [5.74, 6) is 3.66. The zero-order valence-corrected chi connectivity index (χ0v) is 17.7. The molecule has 4 atom stereocenters. The van der Waals surface area contributed by atoms with Gasteiger partial charge >= 0.3 is 0 Å². The molecule has 2 aromatic rings. The number of hydrogen-bond acceptors (Lipinski definition) is 3. The Morgan fingerprint density at radius 1 is 0.968 bits per heavy atom. The number of H-pyrrole nitrogens is 1. The monoisotopic (exact) mass is 415 g/mol. The molecular weight excluding hydrogens is 386 g/mol. The molecule has 1 aromatic heterocycles. The van der Waals surface area contributed by atoms with Gasteiger partial charge in [-0.25, -0.2) is 4.98 Å². The van der Waals surface area contributed by atoms with Gasteiger partial charge in [0.15, 0.2) is 0 Å². The highest BCUT2D eigenvalue weighted by Gasteiger charge is 2.55. The molecule has 160 valence electrons. The first kappa shape index (κ1) is 18.2. The minimum absolute atomic E-state index is 0.0200. The van der Waals surface area contributed by atoms with Crippen molar-refractivity contribution in [2.24, 2.45) is 35.5 Å². The van der Waals surface area contributed by atoms with Crippen LogP contribution in [-0.2, 0) is 4.79 Å². The Bertz CT molecular complexity index is 1130. The van der Waals surface area contributed by atoms with E-state index in [2.05, 4.69) is 22.5 Å². The number of carbonyl (C=O) groups is 1. The largest absolute Gasteiger partial charge is 0.350 e. The lowest BCUT2D eigenvalue weighted by atomic mass is 9.53. The number of aromatic amines is 1. The van der Waals surface area contributed by atoms with Crippen LogP contribution in [0.25, 0.3) is 10.9 Å². The van der Waals surface area contributed by atoms with Crippen molar-refractivity contribution in [3.05, 3.63) is 52.6 Å². The lowest BCUT2D eigenvalue weighted by molar-refractivity contribution is -0.132. The van der Waals surface area contributed by atoms with Crippen molar-refractivity contribution in [3.63, 3.8) is 0 Å².